The fraction of sp³-hybridized carbons (Fsp3) is 0.389. The standard InChI is InChI=1S/C18H21N3O3/c1-3-4-13-24-16-7-5-15(14-17(16)23-2)6-8-18(22)21(11-9-19)12-10-20/h5-8,14H,3-4,11-13H2,1-2H3/b8-6+. The van der Waals surface area contributed by atoms with Crippen LogP contribution in [0.5, 0.6) is 11.5 Å². The predicted octanol–water partition coefficient (Wildman–Crippen LogP) is 2.76. The van der Waals surface area contributed by atoms with E-state index < -0.39 is 0 Å². The maximum atomic E-state index is 12.0. The minimum absolute atomic E-state index is 0.121. The van der Waals surface area contributed by atoms with E-state index in [1.165, 1.54) is 6.08 Å². The molecule has 0 saturated heterocycles. The van der Waals surface area contributed by atoms with Gasteiger partial charge in [-0.15, -0.1) is 0 Å². The Bertz CT molecular complexity index is 640. The van der Waals surface area contributed by atoms with Gasteiger partial charge >= 0.3 is 0 Å². The number of unbranched alkanes of at least 4 members (excludes halogenated alkanes) is 1. The Morgan fingerprint density at radius 3 is 2.54 bits per heavy atom. The molecule has 0 aliphatic carbocycles. The number of ether oxygens (including phenoxy) is 2. The van der Waals surface area contributed by atoms with Crippen molar-refractivity contribution in [3.8, 4) is 23.6 Å². The van der Waals surface area contributed by atoms with Crippen molar-refractivity contribution in [1.82, 2.24) is 4.90 Å². The Kier molecular flexibility index (Phi) is 8.49. The van der Waals surface area contributed by atoms with E-state index in [0.29, 0.717) is 18.1 Å². The van der Waals surface area contributed by atoms with Crippen LogP contribution in [0.25, 0.3) is 6.08 Å². The van der Waals surface area contributed by atoms with Gasteiger partial charge in [0.15, 0.2) is 11.5 Å². The summed E-state index contributed by atoms with van der Waals surface area (Å²) in [5, 5.41) is 17.4. The lowest BCUT2D eigenvalue weighted by Crippen LogP contribution is -2.30. The molecule has 0 saturated carbocycles. The van der Waals surface area contributed by atoms with Crippen molar-refractivity contribution in [3.05, 3.63) is 29.8 Å². The zero-order valence-corrected chi connectivity index (χ0v) is 14.0. The number of nitriles is 2. The first-order valence-corrected chi connectivity index (χ1v) is 7.68. The van der Waals surface area contributed by atoms with Crippen LogP contribution in [0.3, 0.4) is 0 Å². The molecule has 0 bridgehead atoms. The average Bonchev–Trinajstić information content (AvgIpc) is 2.60. The normalized spacial score (nSPS) is 10.0. The first kappa shape index (κ1) is 19.1. The van der Waals surface area contributed by atoms with Gasteiger partial charge in [0.2, 0.25) is 5.91 Å². The fourth-order valence-corrected chi connectivity index (χ4v) is 1.89. The highest BCUT2D eigenvalue weighted by atomic mass is 16.5. The molecule has 24 heavy (non-hydrogen) atoms. The Morgan fingerprint density at radius 2 is 1.96 bits per heavy atom. The summed E-state index contributed by atoms with van der Waals surface area (Å²) < 4.78 is 11.0. The molecule has 0 spiro atoms. The molecular formula is C18H21N3O3. The summed E-state index contributed by atoms with van der Waals surface area (Å²) in [5.41, 5.74) is 0.761. The van der Waals surface area contributed by atoms with E-state index in [9.17, 15) is 4.79 Å². The minimum atomic E-state index is -0.389. The van der Waals surface area contributed by atoms with Gasteiger partial charge in [0.1, 0.15) is 13.1 Å². The number of hydrogen-bond acceptors (Lipinski definition) is 5. The van der Waals surface area contributed by atoms with E-state index in [4.69, 9.17) is 20.0 Å². The van der Waals surface area contributed by atoms with Crippen molar-refractivity contribution in [3.63, 3.8) is 0 Å². The lowest BCUT2D eigenvalue weighted by molar-refractivity contribution is -0.124. The molecule has 0 heterocycles. The fourth-order valence-electron chi connectivity index (χ4n) is 1.89. The van der Waals surface area contributed by atoms with E-state index in [2.05, 4.69) is 6.92 Å². The molecule has 0 aromatic heterocycles. The first-order valence-electron chi connectivity index (χ1n) is 7.68. The molecule has 0 fully saturated rings. The zero-order chi connectivity index (χ0) is 17.8. The largest absolute Gasteiger partial charge is 0.493 e. The number of carbonyl (C=O) groups excluding carboxylic acids is 1. The lowest BCUT2D eigenvalue weighted by atomic mass is 10.2. The second-order valence-corrected chi connectivity index (χ2v) is 4.96. The number of nitrogens with zero attached hydrogens (tertiary/aromatic N) is 3. The third-order valence-electron chi connectivity index (χ3n) is 3.20. The van der Waals surface area contributed by atoms with E-state index >= 15 is 0 Å². The van der Waals surface area contributed by atoms with Crippen LogP contribution in [0.4, 0.5) is 0 Å². The Morgan fingerprint density at radius 1 is 1.25 bits per heavy atom. The van der Waals surface area contributed by atoms with Crippen LogP contribution in [0.1, 0.15) is 25.3 Å². The van der Waals surface area contributed by atoms with Crippen molar-refractivity contribution in [1.29, 1.82) is 10.5 Å². The van der Waals surface area contributed by atoms with Gasteiger partial charge in [-0.2, -0.15) is 10.5 Å². The highest BCUT2D eigenvalue weighted by Crippen LogP contribution is 2.28. The molecule has 1 rings (SSSR count). The zero-order valence-electron chi connectivity index (χ0n) is 14.0. The highest BCUT2D eigenvalue weighted by Gasteiger charge is 2.09. The maximum absolute atomic E-state index is 12.0. The third kappa shape index (κ3) is 6.02. The summed E-state index contributed by atoms with van der Waals surface area (Å²) in [5.74, 6) is 0.858. The maximum Gasteiger partial charge on any atom is 0.248 e. The van der Waals surface area contributed by atoms with Crippen molar-refractivity contribution in [2.24, 2.45) is 0 Å². The number of methoxy groups -OCH3 is 1. The van der Waals surface area contributed by atoms with E-state index in [1.54, 1.807) is 25.3 Å². The molecule has 0 unspecified atom stereocenters. The monoisotopic (exact) mass is 327 g/mol. The smallest absolute Gasteiger partial charge is 0.248 e. The molecule has 1 aromatic rings. The SMILES string of the molecule is CCCCOc1ccc(/C=C/C(=O)N(CC#N)CC#N)cc1OC. The lowest BCUT2D eigenvalue weighted by Gasteiger charge is -2.13. The van der Waals surface area contributed by atoms with Crippen molar-refractivity contribution in [2.75, 3.05) is 26.8 Å². The molecule has 1 aromatic carbocycles. The van der Waals surface area contributed by atoms with Gasteiger partial charge in [-0.05, 0) is 30.2 Å². The van der Waals surface area contributed by atoms with Gasteiger partial charge in [0.25, 0.3) is 0 Å². The summed E-state index contributed by atoms with van der Waals surface area (Å²) in [6.45, 7) is 2.47. The van der Waals surface area contributed by atoms with Crippen LogP contribution >= 0.6 is 0 Å². The topological polar surface area (TPSA) is 86.4 Å². The quantitative estimate of drug-likeness (QED) is 0.395. The van der Waals surface area contributed by atoms with Gasteiger partial charge in [-0.1, -0.05) is 19.4 Å². The molecule has 0 aliphatic heterocycles. The van der Waals surface area contributed by atoms with Crippen molar-refractivity contribution in [2.45, 2.75) is 19.8 Å². The van der Waals surface area contributed by atoms with Crippen LogP contribution in [0.15, 0.2) is 24.3 Å². The molecule has 0 aliphatic rings. The summed E-state index contributed by atoms with van der Waals surface area (Å²) in [7, 11) is 1.56. The van der Waals surface area contributed by atoms with Gasteiger partial charge in [-0.3, -0.25) is 4.79 Å². The molecule has 6 nitrogen and oxygen atoms in total. The highest BCUT2D eigenvalue weighted by molar-refractivity contribution is 5.92. The molecular weight excluding hydrogens is 306 g/mol. The Hall–Kier alpha value is -2.99. The van der Waals surface area contributed by atoms with Gasteiger partial charge < -0.3 is 14.4 Å². The number of benzene rings is 1. The third-order valence-corrected chi connectivity index (χ3v) is 3.20. The van der Waals surface area contributed by atoms with Crippen LogP contribution in [0.2, 0.25) is 0 Å². The summed E-state index contributed by atoms with van der Waals surface area (Å²) in [6.07, 6.45) is 4.96. The number of carbonyl (C=O) groups is 1. The minimum Gasteiger partial charge on any atom is -0.493 e. The molecule has 0 N–H and O–H groups in total. The van der Waals surface area contributed by atoms with Crippen molar-refractivity contribution < 1.29 is 14.3 Å². The van der Waals surface area contributed by atoms with Gasteiger partial charge in [0, 0.05) is 6.08 Å². The van der Waals surface area contributed by atoms with Crippen LogP contribution < -0.4 is 9.47 Å². The molecule has 0 radical (unpaired) electrons. The Balaban J connectivity index is 2.82. The number of amides is 1. The second-order valence-electron chi connectivity index (χ2n) is 4.96. The predicted molar refractivity (Wildman–Crippen MR) is 90.2 cm³/mol. The molecule has 6 heteroatoms. The molecule has 1 amide bonds. The van der Waals surface area contributed by atoms with Crippen LogP contribution in [-0.2, 0) is 4.79 Å². The van der Waals surface area contributed by atoms with Crippen LogP contribution in [0, 0.1) is 22.7 Å². The second kappa shape index (κ2) is 10.7. The summed E-state index contributed by atoms with van der Waals surface area (Å²) >= 11 is 0. The van der Waals surface area contributed by atoms with Gasteiger partial charge in [0.05, 0.1) is 25.9 Å². The van der Waals surface area contributed by atoms with E-state index in [0.717, 1.165) is 23.3 Å². The van der Waals surface area contributed by atoms with Crippen molar-refractivity contribution >= 4 is 12.0 Å². The summed E-state index contributed by atoms with van der Waals surface area (Å²) in [6, 6.07) is 9.10. The Labute approximate surface area is 142 Å². The first-order chi connectivity index (χ1) is 11.7. The van der Waals surface area contributed by atoms with Crippen LogP contribution in [-0.4, -0.2) is 37.6 Å². The number of hydrogen-bond donors (Lipinski definition) is 0. The molecule has 126 valence electrons. The van der Waals surface area contributed by atoms with E-state index in [-0.39, 0.29) is 19.0 Å². The summed E-state index contributed by atoms with van der Waals surface area (Å²) in [4.78, 5) is 13.1. The number of rotatable bonds is 9. The molecule has 0 atom stereocenters. The average molecular weight is 327 g/mol. The van der Waals surface area contributed by atoms with Gasteiger partial charge in [-0.25, -0.2) is 0 Å². The van der Waals surface area contributed by atoms with E-state index in [1.807, 2.05) is 18.2 Å².